The van der Waals surface area contributed by atoms with Crippen LogP contribution in [0, 0.1) is 5.92 Å². The lowest BCUT2D eigenvalue weighted by molar-refractivity contribution is 0.582. The second-order valence-electron chi connectivity index (χ2n) is 3.70. The number of nitrogens with two attached hydrogens (primary N) is 1. The first kappa shape index (κ1) is 10.4. The summed E-state index contributed by atoms with van der Waals surface area (Å²) in [4.78, 5) is 4.19. The van der Waals surface area contributed by atoms with Gasteiger partial charge in [-0.3, -0.25) is 0 Å². The number of imidazole rings is 1. The molecule has 2 N–H and O–H groups in total. The maximum Gasteiger partial charge on any atom is 0.201 e. The minimum atomic E-state index is 0.490. The van der Waals surface area contributed by atoms with Gasteiger partial charge in [0.2, 0.25) is 5.95 Å². The van der Waals surface area contributed by atoms with Gasteiger partial charge in [0, 0.05) is 7.05 Å². The Labute approximate surface area is 83.9 Å². The molecule has 0 aliphatic heterocycles. The fourth-order valence-corrected chi connectivity index (χ4v) is 1.36. The number of aromatic nitrogens is 2. The third kappa shape index (κ3) is 2.37. The lowest BCUT2D eigenvalue weighted by Gasteiger charge is -2.01. The number of halogens is 1. The average Bonchev–Trinajstić information content (AvgIpc) is 2.29. The van der Waals surface area contributed by atoms with Crippen molar-refractivity contribution in [1.82, 2.24) is 9.55 Å². The van der Waals surface area contributed by atoms with E-state index in [9.17, 15) is 0 Å². The molecule has 0 aliphatic rings. The van der Waals surface area contributed by atoms with Crippen molar-refractivity contribution >= 4 is 17.5 Å². The monoisotopic (exact) mass is 201 g/mol. The Morgan fingerprint density at radius 1 is 1.54 bits per heavy atom. The molecule has 0 fully saturated rings. The molecule has 1 heterocycles. The summed E-state index contributed by atoms with van der Waals surface area (Å²) in [5.41, 5.74) is 6.53. The van der Waals surface area contributed by atoms with Gasteiger partial charge in [-0.25, -0.2) is 4.98 Å². The Hall–Kier alpha value is -0.700. The lowest BCUT2D eigenvalue weighted by atomic mass is 10.1. The van der Waals surface area contributed by atoms with E-state index in [4.69, 9.17) is 17.3 Å². The number of nitrogens with zero attached hydrogens (tertiary/aromatic N) is 2. The molecule has 3 nitrogen and oxygen atoms in total. The van der Waals surface area contributed by atoms with Crippen molar-refractivity contribution in [3.63, 3.8) is 0 Å². The number of hydrogen-bond acceptors (Lipinski definition) is 2. The molecule has 13 heavy (non-hydrogen) atoms. The third-order valence-corrected chi connectivity index (χ3v) is 2.56. The minimum absolute atomic E-state index is 0.490. The van der Waals surface area contributed by atoms with Crippen molar-refractivity contribution in [1.29, 1.82) is 0 Å². The van der Waals surface area contributed by atoms with Crippen molar-refractivity contribution < 1.29 is 0 Å². The molecule has 0 amide bonds. The van der Waals surface area contributed by atoms with E-state index in [2.05, 4.69) is 18.8 Å². The van der Waals surface area contributed by atoms with E-state index in [1.165, 1.54) is 0 Å². The number of aryl methyl sites for hydroxylation is 1. The molecule has 1 aromatic rings. The van der Waals surface area contributed by atoms with Crippen LogP contribution in [-0.2, 0) is 13.5 Å². The smallest absolute Gasteiger partial charge is 0.201 e. The molecular formula is C9H16ClN3. The van der Waals surface area contributed by atoms with E-state index in [0.717, 1.165) is 18.5 Å². The van der Waals surface area contributed by atoms with Crippen molar-refractivity contribution in [2.24, 2.45) is 13.0 Å². The van der Waals surface area contributed by atoms with Gasteiger partial charge in [-0.1, -0.05) is 25.4 Å². The zero-order chi connectivity index (χ0) is 10.0. The molecule has 0 unspecified atom stereocenters. The number of anilines is 1. The van der Waals surface area contributed by atoms with Gasteiger partial charge in [0.1, 0.15) is 5.15 Å². The first-order chi connectivity index (χ1) is 6.02. The quantitative estimate of drug-likeness (QED) is 0.815. The van der Waals surface area contributed by atoms with E-state index >= 15 is 0 Å². The molecule has 0 bridgehead atoms. The normalized spacial score (nSPS) is 11.2. The molecule has 0 aromatic carbocycles. The molecule has 0 spiro atoms. The van der Waals surface area contributed by atoms with Gasteiger partial charge < -0.3 is 10.3 Å². The fourth-order valence-electron chi connectivity index (χ4n) is 1.14. The summed E-state index contributed by atoms with van der Waals surface area (Å²) in [6.07, 6.45) is 2.00. The summed E-state index contributed by atoms with van der Waals surface area (Å²) in [6, 6.07) is 0. The zero-order valence-corrected chi connectivity index (χ0v) is 9.10. The van der Waals surface area contributed by atoms with Gasteiger partial charge in [0.15, 0.2) is 0 Å². The van der Waals surface area contributed by atoms with Gasteiger partial charge in [0.25, 0.3) is 0 Å². The van der Waals surface area contributed by atoms with Crippen molar-refractivity contribution in [2.75, 3.05) is 5.73 Å². The first-order valence-electron chi connectivity index (χ1n) is 4.49. The van der Waals surface area contributed by atoms with Crippen LogP contribution in [0.2, 0.25) is 5.15 Å². The second-order valence-corrected chi connectivity index (χ2v) is 4.06. The molecule has 0 saturated heterocycles. The van der Waals surface area contributed by atoms with Crippen LogP contribution < -0.4 is 5.73 Å². The topological polar surface area (TPSA) is 43.8 Å². The van der Waals surface area contributed by atoms with Crippen LogP contribution >= 0.6 is 11.6 Å². The second kappa shape index (κ2) is 4.01. The summed E-state index contributed by atoms with van der Waals surface area (Å²) in [7, 11) is 1.82. The van der Waals surface area contributed by atoms with Crippen molar-refractivity contribution in [3.05, 3.63) is 10.8 Å². The minimum Gasteiger partial charge on any atom is -0.369 e. The van der Waals surface area contributed by atoms with Crippen LogP contribution in [0.5, 0.6) is 0 Å². The summed E-state index contributed by atoms with van der Waals surface area (Å²) in [5, 5.41) is 0.665. The van der Waals surface area contributed by atoms with Gasteiger partial charge in [-0.15, -0.1) is 0 Å². The highest BCUT2D eigenvalue weighted by atomic mass is 35.5. The molecule has 0 saturated carbocycles. The van der Waals surface area contributed by atoms with Gasteiger partial charge >= 0.3 is 0 Å². The van der Waals surface area contributed by atoms with Crippen LogP contribution in [0.3, 0.4) is 0 Å². The van der Waals surface area contributed by atoms with E-state index < -0.39 is 0 Å². The SMILES string of the molecule is CC(C)CCc1nc(N)n(C)c1Cl. The van der Waals surface area contributed by atoms with Crippen molar-refractivity contribution in [3.8, 4) is 0 Å². The first-order valence-corrected chi connectivity index (χ1v) is 4.86. The standard InChI is InChI=1S/C9H16ClN3/c1-6(2)4-5-7-8(10)13(3)9(11)12-7/h6H,4-5H2,1-3H3,(H2,11,12). The molecular weight excluding hydrogens is 186 g/mol. The lowest BCUT2D eigenvalue weighted by Crippen LogP contribution is -1.96. The largest absolute Gasteiger partial charge is 0.369 e. The molecule has 0 aliphatic carbocycles. The van der Waals surface area contributed by atoms with Gasteiger partial charge in [-0.05, 0) is 18.8 Å². The molecule has 0 atom stereocenters. The maximum atomic E-state index is 6.02. The highest BCUT2D eigenvalue weighted by molar-refractivity contribution is 6.30. The Kier molecular flexibility index (Phi) is 3.20. The van der Waals surface area contributed by atoms with Gasteiger partial charge in [-0.2, -0.15) is 0 Å². The average molecular weight is 202 g/mol. The van der Waals surface area contributed by atoms with Crippen molar-refractivity contribution in [2.45, 2.75) is 26.7 Å². The fraction of sp³-hybridized carbons (Fsp3) is 0.667. The highest BCUT2D eigenvalue weighted by Crippen LogP contribution is 2.20. The van der Waals surface area contributed by atoms with Crippen LogP contribution in [0.15, 0.2) is 0 Å². The Balaban J connectivity index is 2.72. The third-order valence-electron chi connectivity index (χ3n) is 2.08. The molecule has 1 rings (SSSR count). The Morgan fingerprint density at radius 3 is 2.54 bits per heavy atom. The predicted octanol–water partition coefficient (Wildman–Crippen LogP) is 2.24. The van der Waals surface area contributed by atoms with Gasteiger partial charge in [0.05, 0.1) is 5.69 Å². The predicted molar refractivity (Wildman–Crippen MR) is 55.8 cm³/mol. The highest BCUT2D eigenvalue weighted by Gasteiger charge is 2.10. The van der Waals surface area contributed by atoms with Crippen LogP contribution in [0.25, 0.3) is 0 Å². The van der Waals surface area contributed by atoms with Crippen LogP contribution in [0.1, 0.15) is 26.0 Å². The Morgan fingerprint density at radius 2 is 2.15 bits per heavy atom. The number of nitrogen functional groups attached to an aromatic ring is 1. The van der Waals surface area contributed by atoms with E-state index in [1.807, 2.05) is 7.05 Å². The molecule has 1 aromatic heterocycles. The number of rotatable bonds is 3. The summed E-state index contributed by atoms with van der Waals surface area (Å²) < 4.78 is 1.71. The molecule has 74 valence electrons. The summed E-state index contributed by atoms with van der Waals surface area (Å²) >= 11 is 6.02. The van der Waals surface area contributed by atoms with E-state index in [-0.39, 0.29) is 0 Å². The van der Waals surface area contributed by atoms with E-state index in [1.54, 1.807) is 4.57 Å². The summed E-state index contributed by atoms with van der Waals surface area (Å²) in [6.45, 7) is 4.36. The number of hydrogen-bond donors (Lipinski definition) is 1. The Bertz CT molecular complexity index is 291. The molecule has 0 radical (unpaired) electrons. The molecule has 4 heteroatoms. The van der Waals surface area contributed by atoms with Crippen LogP contribution in [-0.4, -0.2) is 9.55 Å². The van der Waals surface area contributed by atoms with Crippen LogP contribution in [0.4, 0.5) is 5.95 Å². The summed E-state index contributed by atoms with van der Waals surface area (Å²) in [5.74, 6) is 1.16. The van der Waals surface area contributed by atoms with E-state index in [0.29, 0.717) is 17.0 Å². The maximum absolute atomic E-state index is 6.02. The zero-order valence-electron chi connectivity index (χ0n) is 8.34.